The Kier molecular flexibility index (Phi) is 5.02. The molecule has 2 aliphatic rings. The molecule has 1 saturated heterocycles. The Hall–Kier alpha value is -3.47. The molecule has 0 unspecified atom stereocenters. The van der Waals surface area contributed by atoms with Crippen molar-refractivity contribution < 1.29 is 14.3 Å². The van der Waals surface area contributed by atoms with E-state index in [1.54, 1.807) is 12.1 Å². The largest absolute Gasteiger partial charge is 0.457 e. The van der Waals surface area contributed by atoms with Crippen molar-refractivity contribution in [3.63, 3.8) is 0 Å². The Labute approximate surface area is 180 Å². The summed E-state index contributed by atoms with van der Waals surface area (Å²) < 4.78 is 13.1. The average molecular weight is 414 g/mol. The van der Waals surface area contributed by atoms with Crippen molar-refractivity contribution in [1.29, 1.82) is 5.26 Å². The van der Waals surface area contributed by atoms with Gasteiger partial charge in [0.1, 0.15) is 6.61 Å². The van der Waals surface area contributed by atoms with Crippen molar-refractivity contribution in [3.8, 4) is 11.8 Å². The molecule has 7 heteroatoms. The lowest BCUT2D eigenvalue weighted by molar-refractivity contribution is -0.0332. The predicted molar refractivity (Wildman–Crippen MR) is 113 cm³/mol. The van der Waals surface area contributed by atoms with Crippen molar-refractivity contribution in [2.75, 3.05) is 19.7 Å². The van der Waals surface area contributed by atoms with E-state index in [-0.39, 0.29) is 12.1 Å². The standard InChI is InChI=1S/C24H22N4O3/c1-16-20(6-7-21-22(16)15-31-24(21)29)23-14-27(8-9-30-23)12-18-11-26-28(13-18)19-4-2-17(10-25)3-5-19/h2-7,11,13,23H,8-9,12,14-15H2,1H3/t23-/m0/s1. The van der Waals surface area contributed by atoms with Crippen LogP contribution in [0.25, 0.3) is 5.69 Å². The van der Waals surface area contributed by atoms with Crippen LogP contribution >= 0.6 is 0 Å². The van der Waals surface area contributed by atoms with Crippen molar-refractivity contribution in [2.45, 2.75) is 26.2 Å². The number of morpholine rings is 1. The molecule has 0 bridgehead atoms. The minimum Gasteiger partial charge on any atom is -0.457 e. The molecule has 2 aromatic carbocycles. The number of carbonyl (C=O) groups is 1. The zero-order valence-electron chi connectivity index (χ0n) is 17.2. The van der Waals surface area contributed by atoms with E-state index in [1.807, 2.05) is 48.3 Å². The highest BCUT2D eigenvalue weighted by Gasteiger charge is 2.29. The first-order chi connectivity index (χ1) is 15.1. The van der Waals surface area contributed by atoms with Crippen LogP contribution in [0.15, 0.2) is 48.8 Å². The van der Waals surface area contributed by atoms with Gasteiger partial charge in [-0.15, -0.1) is 0 Å². The molecule has 1 aromatic heterocycles. The van der Waals surface area contributed by atoms with Crippen molar-refractivity contribution in [2.24, 2.45) is 0 Å². The molecule has 0 amide bonds. The minimum atomic E-state index is -0.241. The molecule has 5 rings (SSSR count). The maximum absolute atomic E-state index is 11.8. The van der Waals surface area contributed by atoms with Gasteiger partial charge >= 0.3 is 5.97 Å². The molecule has 0 saturated carbocycles. The van der Waals surface area contributed by atoms with Gasteiger partial charge in [-0.05, 0) is 48.4 Å². The molecule has 1 fully saturated rings. The molecular weight excluding hydrogens is 392 g/mol. The van der Waals surface area contributed by atoms with Gasteiger partial charge in [0.25, 0.3) is 0 Å². The Balaban J connectivity index is 1.29. The van der Waals surface area contributed by atoms with Crippen LogP contribution in [-0.2, 0) is 22.6 Å². The summed E-state index contributed by atoms with van der Waals surface area (Å²) in [5, 5.41) is 13.4. The van der Waals surface area contributed by atoms with Gasteiger partial charge in [0.2, 0.25) is 0 Å². The molecule has 0 radical (unpaired) electrons. The summed E-state index contributed by atoms with van der Waals surface area (Å²) in [6, 6.07) is 13.4. The van der Waals surface area contributed by atoms with Crippen LogP contribution in [0.4, 0.5) is 0 Å². The molecule has 156 valence electrons. The maximum Gasteiger partial charge on any atom is 0.338 e. The van der Waals surface area contributed by atoms with Crippen LogP contribution in [-0.4, -0.2) is 40.3 Å². The van der Waals surface area contributed by atoms with E-state index in [9.17, 15) is 4.79 Å². The lowest BCUT2D eigenvalue weighted by atomic mass is 9.94. The van der Waals surface area contributed by atoms with E-state index >= 15 is 0 Å². The molecule has 3 aromatic rings. The average Bonchev–Trinajstić information content (AvgIpc) is 3.42. The van der Waals surface area contributed by atoms with Crippen LogP contribution in [0.5, 0.6) is 0 Å². The summed E-state index contributed by atoms with van der Waals surface area (Å²) in [4.78, 5) is 14.2. The number of nitrogens with zero attached hydrogens (tertiary/aromatic N) is 4. The third-order valence-electron chi connectivity index (χ3n) is 6.01. The predicted octanol–water partition coefficient (Wildman–Crippen LogP) is 3.30. The third kappa shape index (κ3) is 3.72. The van der Waals surface area contributed by atoms with Crippen LogP contribution in [0.2, 0.25) is 0 Å². The monoisotopic (exact) mass is 414 g/mol. The number of hydrogen-bond acceptors (Lipinski definition) is 6. The first kappa shape index (κ1) is 19.5. The van der Waals surface area contributed by atoms with E-state index in [0.717, 1.165) is 47.6 Å². The van der Waals surface area contributed by atoms with Gasteiger partial charge in [-0.2, -0.15) is 10.4 Å². The molecule has 1 atom stereocenters. The SMILES string of the molecule is Cc1c([C@@H]2CN(Cc3cnn(-c4ccc(C#N)cc4)c3)CCO2)ccc2c1COC2=O. The summed E-state index contributed by atoms with van der Waals surface area (Å²) in [6.45, 7) is 5.45. The van der Waals surface area contributed by atoms with Gasteiger partial charge in [0, 0.05) is 37.0 Å². The molecule has 7 nitrogen and oxygen atoms in total. The summed E-state index contributed by atoms with van der Waals surface area (Å²) in [5.41, 5.74) is 6.54. The Morgan fingerprint density at radius 2 is 2.06 bits per heavy atom. The molecule has 0 N–H and O–H groups in total. The molecule has 3 heterocycles. The van der Waals surface area contributed by atoms with E-state index in [0.29, 0.717) is 24.3 Å². The number of nitriles is 1. The second-order valence-electron chi connectivity index (χ2n) is 7.93. The van der Waals surface area contributed by atoms with Crippen LogP contribution < -0.4 is 0 Å². The smallest absolute Gasteiger partial charge is 0.338 e. The number of aromatic nitrogens is 2. The highest BCUT2D eigenvalue weighted by Crippen LogP contribution is 2.32. The van der Waals surface area contributed by atoms with Gasteiger partial charge in [0.05, 0.1) is 41.8 Å². The fourth-order valence-electron chi connectivity index (χ4n) is 4.28. The lowest BCUT2D eigenvalue weighted by Gasteiger charge is -2.33. The second-order valence-corrected chi connectivity index (χ2v) is 7.93. The number of carbonyl (C=O) groups excluding carboxylic acids is 1. The molecule has 31 heavy (non-hydrogen) atoms. The van der Waals surface area contributed by atoms with Gasteiger partial charge in [-0.1, -0.05) is 6.07 Å². The number of fused-ring (bicyclic) bond motifs is 1. The molecule has 0 spiro atoms. The number of cyclic esters (lactones) is 1. The first-order valence-corrected chi connectivity index (χ1v) is 10.3. The summed E-state index contributed by atoms with van der Waals surface area (Å²) >= 11 is 0. The molecular formula is C24H22N4O3. The quantitative estimate of drug-likeness (QED) is 0.610. The van der Waals surface area contributed by atoms with Crippen LogP contribution in [0.3, 0.4) is 0 Å². The van der Waals surface area contributed by atoms with E-state index in [2.05, 4.69) is 16.1 Å². The van der Waals surface area contributed by atoms with Crippen LogP contribution in [0.1, 0.15) is 44.3 Å². The first-order valence-electron chi connectivity index (χ1n) is 10.3. The highest BCUT2D eigenvalue weighted by molar-refractivity contribution is 5.93. The second kappa shape index (κ2) is 7.99. The summed E-state index contributed by atoms with van der Waals surface area (Å²) in [5.74, 6) is -0.241. The van der Waals surface area contributed by atoms with E-state index in [4.69, 9.17) is 14.7 Å². The molecule has 0 aliphatic carbocycles. The van der Waals surface area contributed by atoms with Crippen molar-refractivity contribution in [1.82, 2.24) is 14.7 Å². The number of ether oxygens (including phenoxy) is 2. The minimum absolute atomic E-state index is 0.0386. The Bertz CT molecular complexity index is 1180. The number of rotatable bonds is 4. The zero-order chi connectivity index (χ0) is 21.4. The van der Waals surface area contributed by atoms with E-state index < -0.39 is 0 Å². The Morgan fingerprint density at radius 1 is 1.23 bits per heavy atom. The zero-order valence-corrected chi connectivity index (χ0v) is 17.2. The highest BCUT2D eigenvalue weighted by atomic mass is 16.5. The van der Waals surface area contributed by atoms with Crippen molar-refractivity contribution in [3.05, 3.63) is 82.2 Å². The van der Waals surface area contributed by atoms with Crippen molar-refractivity contribution >= 4 is 5.97 Å². The maximum atomic E-state index is 11.8. The normalized spacial score (nSPS) is 18.5. The number of benzene rings is 2. The Morgan fingerprint density at radius 3 is 2.87 bits per heavy atom. The summed E-state index contributed by atoms with van der Waals surface area (Å²) in [6.07, 6.45) is 3.87. The number of hydrogen-bond donors (Lipinski definition) is 0. The van der Waals surface area contributed by atoms with E-state index in [1.165, 1.54) is 0 Å². The van der Waals surface area contributed by atoms with Crippen LogP contribution in [0, 0.1) is 18.3 Å². The van der Waals surface area contributed by atoms with Gasteiger partial charge in [-0.25, -0.2) is 9.48 Å². The van der Waals surface area contributed by atoms with Gasteiger partial charge < -0.3 is 9.47 Å². The topological polar surface area (TPSA) is 80.4 Å². The van der Waals surface area contributed by atoms with Gasteiger partial charge in [0.15, 0.2) is 0 Å². The molecule has 2 aliphatic heterocycles. The van der Waals surface area contributed by atoms with Gasteiger partial charge in [-0.3, -0.25) is 4.90 Å². The summed E-state index contributed by atoms with van der Waals surface area (Å²) in [7, 11) is 0. The third-order valence-corrected chi connectivity index (χ3v) is 6.01. The lowest BCUT2D eigenvalue weighted by Crippen LogP contribution is -2.38. The fourth-order valence-corrected chi connectivity index (χ4v) is 4.28. The fraction of sp³-hybridized carbons (Fsp3) is 0.292. The number of esters is 1.